The molecular weight excluding hydrogens is 220 g/mol. The van der Waals surface area contributed by atoms with Crippen molar-refractivity contribution in [2.75, 3.05) is 13.6 Å². The van der Waals surface area contributed by atoms with Gasteiger partial charge in [-0.3, -0.25) is 4.79 Å². The Morgan fingerprint density at radius 2 is 2.00 bits per heavy atom. The first-order chi connectivity index (χ1) is 7.52. The van der Waals surface area contributed by atoms with Gasteiger partial charge in [0.1, 0.15) is 0 Å². The summed E-state index contributed by atoms with van der Waals surface area (Å²) in [6.45, 7) is 2.46. The Morgan fingerprint density at radius 3 is 2.50 bits per heavy atom. The zero-order valence-corrected chi connectivity index (χ0v) is 10.3. The van der Waals surface area contributed by atoms with Gasteiger partial charge in [0.2, 0.25) is 0 Å². The van der Waals surface area contributed by atoms with Crippen LogP contribution in [-0.4, -0.2) is 29.4 Å². The van der Waals surface area contributed by atoms with Gasteiger partial charge in [-0.2, -0.15) is 0 Å². The summed E-state index contributed by atoms with van der Waals surface area (Å²) in [6.07, 6.45) is 0. The summed E-state index contributed by atoms with van der Waals surface area (Å²) in [5.74, 6) is 0.0244. The molecule has 16 heavy (non-hydrogen) atoms. The van der Waals surface area contributed by atoms with E-state index < -0.39 is 0 Å². The minimum Gasteiger partial charge on any atom is -0.393 e. The summed E-state index contributed by atoms with van der Waals surface area (Å²) in [7, 11) is 1.75. The van der Waals surface area contributed by atoms with E-state index >= 15 is 0 Å². The first-order valence-electron chi connectivity index (χ1n) is 5.12. The Bertz CT molecular complexity index is 378. The topological polar surface area (TPSA) is 46.3 Å². The van der Waals surface area contributed by atoms with Crippen molar-refractivity contribution in [1.82, 2.24) is 4.90 Å². The molecular formula is C12H16N2OS. The van der Waals surface area contributed by atoms with Crippen LogP contribution < -0.4 is 5.73 Å². The van der Waals surface area contributed by atoms with Crippen molar-refractivity contribution in [2.45, 2.75) is 6.92 Å². The zero-order chi connectivity index (χ0) is 12.1. The average Bonchev–Trinajstić information content (AvgIpc) is 2.28. The SMILES string of the molecule is CC(CN(C)C(=O)c1ccccc1)C(N)=S. The highest BCUT2D eigenvalue weighted by atomic mass is 32.1. The second kappa shape index (κ2) is 5.61. The van der Waals surface area contributed by atoms with E-state index in [2.05, 4.69) is 0 Å². The molecule has 0 saturated carbocycles. The quantitative estimate of drug-likeness (QED) is 0.809. The van der Waals surface area contributed by atoms with Crippen molar-refractivity contribution >= 4 is 23.1 Å². The fraction of sp³-hybridized carbons (Fsp3) is 0.333. The second-order valence-electron chi connectivity index (χ2n) is 3.86. The highest BCUT2D eigenvalue weighted by Gasteiger charge is 2.15. The van der Waals surface area contributed by atoms with Crippen molar-refractivity contribution in [3.8, 4) is 0 Å². The van der Waals surface area contributed by atoms with Gasteiger partial charge in [-0.1, -0.05) is 37.3 Å². The summed E-state index contributed by atoms with van der Waals surface area (Å²) in [5, 5.41) is 0. The summed E-state index contributed by atoms with van der Waals surface area (Å²) < 4.78 is 0. The summed E-state index contributed by atoms with van der Waals surface area (Å²) >= 11 is 4.88. The average molecular weight is 236 g/mol. The van der Waals surface area contributed by atoms with Gasteiger partial charge in [0, 0.05) is 25.1 Å². The fourth-order valence-corrected chi connectivity index (χ4v) is 1.46. The highest BCUT2D eigenvalue weighted by molar-refractivity contribution is 7.80. The second-order valence-corrected chi connectivity index (χ2v) is 4.33. The van der Waals surface area contributed by atoms with Crippen molar-refractivity contribution in [3.05, 3.63) is 35.9 Å². The van der Waals surface area contributed by atoms with Gasteiger partial charge in [0.15, 0.2) is 0 Å². The molecule has 0 aliphatic heterocycles. The molecule has 0 spiro atoms. The molecule has 1 rings (SSSR count). The van der Waals surface area contributed by atoms with Crippen LogP contribution in [0.3, 0.4) is 0 Å². The van der Waals surface area contributed by atoms with Gasteiger partial charge in [0.25, 0.3) is 5.91 Å². The van der Waals surface area contributed by atoms with E-state index in [1.165, 1.54) is 0 Å². The van der Waals surface area contributed by atoms with Gasteiger partial charge in [0.05, 0.1) is 4.99 Å². The first kappa shape index (κ1) is 12.6. The molecule has 1 amide bonds. The lowest BCUT2D eigenvalue weighted by molar-refractivity contribution is 0.0787. The Morgan fingerprint density at radius 1 is 1.44 bits per heavy atom. The van der Waals surface area contributed by atoms with E-state index in [0.717, 1.165) is 0 Å². The van der Waals surface area contributed by atoms with Crippen molar-refractivity contribution in [2.24, 2.45) is 11.7 Å². The normalized spacial score (nSPS) is 11.9. The molecule has 0 aromatic heterocycles. The lowest BCUT2D eigenvalue weighted by atomic mass is 10.1. The number of carbonyl (C=O) groups excluding carboxylic acids is 1. The van der Waals surface area contributed by atoms with Crippen LogP contribution in [0.2, 0.25) is 0 Å². The molecule has 3 nitrogen and oxygen atoms in total. The van der Waals surface area contributed by atoms with Gasteiger partial charge in [-0.25, -0.2) is 0 Å². The van der Waals surface area contributed by atoms with E-state index in [1.54, 1.807) is 24.1 Å². The highest BCUT2D eigenvalue weighted by Crippen LogP contribution is 2.06. The minimum absolute atomic E-state index is 0.0105. The maximum absolute atomic E-state index is 11.9. The molecule has 0 bridgehead atoms. The predicted octanol–water partition coefficient (Wildman–Crippen LogP) is 1.68. The van der Waals surface area contributed by atoms with Crippen LogP contribution >= 0.6 is 12.2 Å². The fourth-order valence-electron chi connectivity index (χ4n) is 1.38. The van der Waals surface area contributed by atoms with Gasteiger partial charge < -0.3 is 10.6 Å². The largest absolute Gasteiger partial charge is 0.393 e. The molecule has 0 heterocycles. The smallest absolute Gasteiger partial charge is 0.253 e. The third-order valence-electron chi connectivity index (χ3n) is 2.40. The molecule has 86 valence electrons. The molecule has 0 fully saturated rings. The van der Waals surface area contributed by atoms with E-state index in [0.29, 0.717) is 17.1 Å². The Labute approximate surface area is 101 Å². The monoisotopic (exact) mass is 236 g/mol. The maximum atomic E-state index is 11.9. The summed E-state index contributed by atoms with van der Waals surface area (Å²) in [4.78, 5) is 14.0. The van der Waals surface area contributed by atoms with Gasteiger partial charge >= 0.3 is 0 Å². The third kappa shape index (κ3) is 3.31. The minimum atomic E-state index is -0.0105. The molecule has 1 atom stereocenters. The number of nitrogens with zero attached hydrogens (tertiary/aromatic N) is 1. The molecule has 0 saturated heterocycles. The third-order valence-corrected chi connectivity index (χ3v) is 2.80. The van der Waals surface area contributed by atoms with E-state index in [1.807, 2.05) is 25.1 Å². The maximum Gasteiger partial charge on any atom is 0.253 e. The van der Waals surface area contributed by atoms with E-state index in [9.17, 15) is 4.79 Å². The molecule has 0 radical (unpaired) electrons. The van der Waals surface area contributed by atoms with Crippen LogP contribution in [0, 0.1) is 5.92 Å². The molecule has 1 unspecified atom stereocenters. The molecule has 1 aromatic rings. The first-order valence-corrected chi connectivity index (χ1v) is 5.53. The zero-order valence-electron chi connectivity index (χ0n) is 9.51. The Kier molecular flexibility index (Phi) is 4.43. The molecule has 4 heteroatoms. The van der Waals surface area contributed by atoms with Crippen molar-refractivity contribution < 1.29 is 4.79 Å². The summed E-state index contributed by atoms with van der Waals surface area (Å²) in [6, 6.07) is 9.17. The molecule has 0 aliphatic carbocycles. The van der Waals surface area contributed by atoms with Crippen LogP contribution in [0.4, 0.5) is 0 Å². The molecule has 2 N–H and O–H groups in total. The Balaban J connectivity index is 2.65. The number of carbonyl (C=O) groups is 1. The lowest BCUT2D eigenvalue weighted by Gasteiger charge is -2.20. The van der Waals surface area contributed by atoms with Crippen LogP contribution in [0.1, 0.15) is 17.3 Å². The Hall–Kier alpha value is -1.42. The number of amides is 1. The predicted molar refractivity (Wildman–Crippen MR) is 69.4 cm³/mol. The van der Waals surface area contributed by atoms with Crippen LogP contribution in [0.5, 0.6) is 0 Å². The van der Waals surface area contributed by atoms with Crippen LogP contribution in [0.15, 0.2) is 30.3 Å². The number of thiocarbonyl (C=S) groups is 1. The van der Waals surface area contributed by atoms with Crippen molar-refractivity contribution in [1.29, 1.82) is 0 Å². The van der Waals surface area contributed by atoms with E-state index in [-0.39, 0.29) is 11.8 Å². The van der Waals surface area contributed by atoms with E-state index in [4.69, 9.17) is 18.0 Å². The summed E-state index contributed by atoms with van der Waals surface area (Å²) in [5.41, 5.74) is 6.20. The van der Waals surface area contributed by atoms with Crippen molar-refractivity contribution in [3.63, 3.8) is 0 Å². The van der Waals surface area contributed by atoms with Crippen LogP contribution in [0.25, 0.3) is 0 Å². The van der Waals surface area contributed by atoms with Crippen LogP contribution in [-0.2, 0) is 0 Å². The standard InChI is InChI=1S/C12H16N2OS/c1-9(11(13)16)8-14(2)12(15)10-6-4-3-5-7-10/h3-7,9H,8H2,1-2H3,(H2,13,16). The number of hydrogen-bond donors (Lipinski definition) is 1. The van der Waals surface area contributed by atoms with Gasteiger partial charge in [-0.15, -0.1) is 0 Å². The number of hydrogen-bond acceptors (Lipinski definition) is 2. The molecule has 1 aromatic carbocycles. The molecule has 0 aliphatic rings. The lowest BCUT2D eigenvalue weighted by Crippen LogP contribution is -2.35. The number of benzene rings is 1. The number of rotatable bonds is 4. The number of nitrogens with two attached hydrogens (primary N) is 1. The van der Waals surface area contributed by atoms with Gasteiger partial charge in [-0.05, 0) is 12.1 Å².